The number of rotatable bonds is 5. The van der Waals surface area contributed by atoms with Crippen molar-refractivity contribution in [1.82, 2.24) is 24.4 Å². The summed E-state index contributed by atoms with van der Waals surface area (Å²) >= 11 is 0. The van der Waals surface area contributed by atoms with Gasteiger partial charge in [0.2, 0.25) is 0 Å². The molecule has 0 radical (unpaired) electrons. The molecule has 1 N–H and O–H groups in total. The van der Waals surface area contributed by atoms with Gasteiger partial charge >= 0.3 is 0 Å². The summed E-state index contributed by atoms with van der Waals surface area (Å²) in [6.07, 6.45) is 7.63. The summed E-state index contributed by atoms with van der Waals surface area (Å²) in [5.41, 5.74) is 2.24. The molecular formula is C12H19N5. The highest BCUT2D eigenvalue weighted by molar-refractivity contribution is 5.02. The van der Waals surface area contributed by atoms with Crippen molar-refractivity contribution in [3.63, 3.8) is 0 Å². The first-order valence-electron chi connectivity index (χ1n) is 5.84. The Bertz CT molecular complexity index is 469. The molecular weight excluding hydrogens is 214 g/mol. The second-order valence-corrected chi connectivity index (χ2v) is 4.57. The van der Waals surface area contributed by atoms with Crippen LogP contribution in [-0.2, 0) is 20.1 Å². The van der Waals surface area contributed by atoms with Gasteiger partial charge in [-0.2, -0.15) is 0 Å². The largest absolute Gasteiger partial charge is 0.336 e. The van der Waals surface area contributed by atoms with Gasteiger partial charge in [0, 0.05) is 32.0 Å². The molecule has 2 rings (SSSR count). The van der Waals surface area contributed by atoms with Crippen LogP contribution in [0, 0.1) is 0 Å². The van der Waals surface area contributed by atoms with Gasteiger partial charge in [0.1, 0.15) is 0 Å². The van der Waals surface area contributed by atoms with Crippen LogP contribution in [0.2, 0.25) is 0 Å². The van der Waals surface area contributed by atoms with Crippen molar-refractivity contribution in [3.05, 3.63) is 36.4 Å². The van der Waals surface area contributed by atoms with Crippen molar-refractivity contribution >= 4 is 0 Å². The average molecular weight is 233 g/mol. The summed E-state index contributed by atoms with van der Waals surface area (Å²) in [5.74, 6) is 0. The lowest BCUT2D eigenvalue weighted by Gasteiger charge is -2.05. The van der Waals surface area contributed by atoms with E-state index in [0.717, 1.165) is 18.8 Å². The van der Waals surface area contributed by atoms with Crippen molar-refractivity contribution in [2.45, 2.75) is 33.0 Å². The van der Waals surface area contributed by atoms with Gasteiger partial charge < -0.3 is 14.5 Å². The van der Waals surface area contributed by atoms with Gasteiger partial charge in [-0.25, -0.2) is 9.97 Å². The minimum Gasteiger partial charge on any atom is -0.336 e. The average Bonchev–Trinajstić information content (AvgIpc) is 2.87. The smallest absolute Gasteiger partial charge is 0.0953 e. The normalized spacial score (nSPS) is 11.3. The van der Waals surface area contributed by atoms with E-state index in [2.05, 4.69) is 39.9 Å². The molecule has 17 heavy (non-hydrogen) atoms. The third kappa shape index (κ3) is 3.17. The van der Waals surface area contributed by atoms with Crippen molar-refractivity contribution in [1.29, 1.82) is 0 Å². The van der Waals surface area contributed by atoms with Crippen LogP contribution in [0.4, 0.5) is 0 Å². The topological polar surface area (TPSA) is 47.7 Å². The Morgan fingerprint density at radius 3 is 2.82 bits per heavy atom. The molecule has 5 heteroatoms. The number of aryl methyl sites for hydroxylation is 1. The molecule has 0 saturated carbocycles. The zero-order valence-electron chi connectivity index (χ0n) is 10.6. The Kier molecular flexibility index (Phi) is 3.58. The first-order valence-corrected chi connectivity index (χ1v) is 5.84. The fraction of sp³-hybridized carbons (Fsp3) is 0.500. The molecule has 2 aromatic heterocycles. The molecule has 2 aromatic rings. The monoisotopic (exact) mass is 233 g/mol. The van der Waals surface area contributed by atoms with Crippen LogP contribution in [0.1, 0.15) is 25.2 Å². The molecule has 0 amide bonds. The van der Waals surface area contributed by atoms with Gasteiger partial charge in [-0.15, -0.1) is 0 Å². The summed E-state index contributed by atoms with van der Waals surface area (Å²) < 4.78 is 4.10. The standard InChI is InChI=1S/C12H19N5/c1-10(2)14-4-11-6-17(9-15-11)7-12-5-13-8-16(12)3/h5-6,8-10,14H,4,7H2,1-3H3. The second-order valence-electron chi connectivity index (χ2n) is 4.57. The Hall–Kier alpha value is -1.62. The summed E-state index contributed by atoms with van der Waals surface area (Å²) in [6.45, 7) is 5.89. The van der Waals surface area contributed by atoms with E-state index >= 15 is 0 Å². The van der Waals surface area contributed by atoms with Crippen molar-refractivity contribution in [2.24, 2.45) is 7.05 Å². The predicted molar refractivity (Wildman–Crippen MR) is 66.5 cm³/mol. The van der Waals surface area contributed by atoms with Gasteiger partial charge in [-0.05, 0) is 0 Å². The van der Waals surface area contributed by atoms with Crippen molar-refractivity contribution in [2.75, 3.05) is 0 Å². The van der Waals surface area contributed by atoms with Gasteiger partial charge in [-0.3, -0.25) is 0 Å². The first kappa shape index (κ1) is 11.9. The molecule has 0 aliphatic heterocycles. The predicted octanol–water partition coefficient (Wildman–Crippen LogP) is 1.16. The minimum atomic E-state index is 0.484. The maximum Gasteiger partial charge on any atom is 0.0953 e. The lowest BCUT2D eigenvalue weighted by molar-refractivity contribution is 0.582. The molecule has 0 aliphatic carbocycles. The lowest BCUT2D eigenvalue weighted by atomic mass is 10.3. The highest BCUT2D eigenvalue weighted by Crippen LogP contribution is 2.03. The summed E-state index contributed by atoms with van der Waals surface area (Å²) in [4.78, 5) is 8.47. The van der Waals surface area contributed by atoms with E-state index in [4.69, 9.17) is 0 Å². The Morgan fingerprint density at radius 2 is 2.18 bits per heavy atom. The van der Waals surface area contributed by atoms with E-state index in [-0.39, 0.29) is 0 Å². The van der Waals surface area contributed by atoms with Crippen LogP contribution < -0.4 is 5.32 Å². The number of nitrogens with zero attached hydrogens (tertiary/aromatic N) is 4. The molecule has 0 atom stereocenters. The first-order chi connectivity index (χ1) is 8.15. The molecule has 0 spiro atoms. The van der Waals surface area contributed by atoms with Crippen LogP contribution >= 0.6 is 0 Å². The van der Waals surface area contributed by atoms with E-state index < -0.39 is 0 Å². The van der Waals surface area contributed by atoms with E-state index in [0.29, 0.717) is 6.04 Å². The van der Waals surface area contributed by atoms with E-state index in [1.165, 1.54) is 5.69 Å². The fourth-order valence-electron chi connectivity index (χ4n) is 1.62. The highest BCUT2D eigenvalue weighted by Gasteiger charge is 2.02. The van der Waals surface area contributed by atoms with Crippen LogP contribution in [-0.4, -0.2) is 25.1 Å². The number of imidazole rings is 2. The molecule has 92 valence electrons. The molecule has 2 heterocycles. The molecule has 0 saturated heterocycles. The fourth-order valence-corrected chi connectivity index (χ4v) is 1.62. The molecule has 0 bridgehead atoms. The Labute approximate surface area is 102 Å². The van der Waals surface area contributed by atoms with E-state index in [9.17, 15) is 0 Å². The van der Waals surface area contributed by atoms with Crippen molar-refractivity contribution < 1.29 is 0 Å². The van der Waals surface area contributed by atoms with Crippen LogP contribution in [0.3, 0.4) is 0 Å². The molecule has 0 unspecified atom stereocenters. The summed E-state index contributed by atoms with van der Waals surface area (Å²) in [7, 11) is 2.00. The summed E-state index contributed by atoms with van der Waals surface area (Å²) in [5, 5.41) is 3.35. The Morgan fingerprint density at radius 1 is 1.35 bits per heavy atom. The van der Waals surface area contributed by atoms with Crippen LogP contribution in [0.5, 0.6) is 0 Å². The highest BCUT2D eigenvalue weighted by atomic mass is 15.1. The third-order valence-electron chi connectivity index (χ3n) is 2.64. The minimum absolute atomic E-state index is 0.484. The van der Waals surface area contributed by atoms with Gasteiger partial charge in [0.15, 0.2) is 0 Å². The van der Waals surface area contributed by atoms with Gasteiger partial charge in [-0.1, -0.05) is 13.8 Å². The zero-order chi connectivity index (χ0) is 12.3. The quantitative estimate of drug-likeness (QED) is 0.843. The SMILES string of the molecule is CC(C)NCc1cn(Cc2cncn2C)cn1. The van der Waals surface area contributed by atoms with Crippen LogP contribution in [0.15, 0.2) is 25.0 Å². The van der Waals surface area contributed by atoms with E-state index in [1.807, 2.05) is 30.5 Å². The number of aromatic nitrogens is 4. The van der Waals surface area contributed by atoms with Crippen LogP contribution in [0.25, 0.3) is 0 Å². The molecule has 0 aromatic carbocycles. The van der Waals surface area contributed by atoms with Gasteiger partial charge in [0.25, 0.3) is 0 Å². The third-order valence-corrected chi connectivity index (χ3v) is 2.64. The lowest BCUT2D eigenvalue weighted by Crippen LogP contribution is -2.21. The Balaban J connectivity index is 1.97. The van der Waals surface area contributed by atoms with Crippen molar-refractivity contribution in [3.8, 4) is 0 Å². The number of nitrogens with one attached hydrogen (secondary N) is 1. The number of hydrogen-bond acceptors (Lipinski definition) is 3. The van der Waals surface area contributed by atoms with Gasteiger partial charge in [0.05, 0.1) is 30.6 Å². The summed E-state index contributed by atoms with van der Waals surface area (Å²) in [6, 6.07) is 0.484. The van der Waals surface area contributed by atoms with E-state index in [1.54, 1.807) is 0 Å². The molecule has 5 nitrogen and oxygen atoms in total. The zero-order valence-corrected chi connectivity index (χ0v) is 10.6. The molecule has 0 aliphatic rings. The second kappa shape index (κ2) is 5.14. The maximum atomic E-state index is 4.37. The maximum absolute atomic E-state index is 4.37. The number of hydrogen-bond donors (Lipinski definition) is 1. The molecule has 0 fully saturated rings.